The van der Waals surface area contributed by atoms with Gasteiger partial charge in [0.2, 0.25) is 0 Å². The van der Waals surface area contributed by atoms with Crippen molar-refractivity contribution in [3.8, 4) is 0 Å². The molecule has 1 heterocycles. The maximum absolute atomic E-state index is 6.39. The van der Waals surface area contributed by atoms with E-state index >= 15 is 0 Å². The highest BCUT2D eigenvalue weighted by atomic mass is 15.0. The number of benzene rings is 1. The van der Waals surface area contributed by atoms with Crippen LogP contribution in [0.5, 0.6) is 0 Å². The fraction of sp³-hybridized carbons (Fsp3) is 0.679. The average molecular weight is 422 g/mol. The first-order chi connectivity index (χ1) is 14.7. The summed E-state index contributed by atoms with van der Waals surface area (Å²) in [6.45, 7) is 11.3. The third-order valence-electron chi connectivity index (χ3n) is 7.91. The van der Waals surface area contributed by atoms with E-state index in [1.807, 2.05) is 0 Å². The molecule has 0 amide bonds. The molecule has 2 aliphatic carbocycles. The van der Waals surface area contributed by atoms with Crippen molar-refractivity contribution in [2.45, 2.75) is 115 Å². The summed E-state index contributed by atoms with van der Waals surface area (Å²) >= 11 is 0. The first-order valence-electron chi connectivity index (χ1n) is 12.6. The van der Waals surface area contributed by atoms with Gasteiger partial charge in [0.25, 0.3) is 0 Å². The van der Waals surface area contributed by atoms with Crippen LogP contribution in [-0.2, 0) is 11.8 Å². The van der Waals surface area contributed by atoms with Gasteiger partial charge >= 0.3 is 0 Å². The Balaban J connectivity index is 1.46. The topological polar surface area (TPSA) is 50.4 Å². The third kappa shape index (κ3) is 5.42. The quantitative estimate of drug-likeness (QED) is 0.536. The van der Waals surface area contributed by atoms with Gasteiger partial charge < -0.3 is 11.1 Å². The van der Waals surface area contributed by atoms with Crippen LogP contribution in [0.15, 0.2) is 35.5 Å². The van der Waals surface area contributed by atoms with Crippen LogP contribution in [0.4, 0.5) is 5.69 Å². The van der Waals surface area contributed by atoms with Crippen LogP contribution in [0.1, 0.15) is 103 Å². The smallest absolute Gasteiger partial charge is 0.0667 e. The van der Waals surface area contributed by atoms with Crippen LogP contribution in [-0.4, -0.2) is 17.8 Å². The summed E-state index contributed by atoms with van der Waals surface area (Å²) in [5, 5.41) is 3.75. The monoisotopic (exact) mass is 421 g/mol. The lowest BCUT2D eigenvalue weighted by molar-refractivity contribution is 0.190. The van der Waals surface area contributed by atoms with Gasteiger partial charge in [0, 0.05) is 29.9 Å². The van der Waals surface area contributed by atoms with Crippen LogP contribution < -0.4 is 11.1 Å². The molecule has 0 aromatic heterocycles. The highest BCUT2D eigenvalue weighted by Gasteiger charge is 2.36. The summed E-state index contributed by atoms with van der Waals surface area (Å²) in [5.41, 5.74) is 13.4. The SMILES string of the molecule is C=C(CC1(CC2=Nc3cc(C(C)(C)C)ccc3C2)CCCCC1)NC1CCCCC1N. The fourth-order valence-electron chi connectivity index (χ4n) is 6.07. The van der Waals surface area contributed by atoms with E-state index in [9.17, 15) is 0 Å². The average Bonchev–Trinajstić information content (AvgIpc) is 3.10. The Morgan fingerprint density at radius 2 is 1.87 bits per heavy atom. The molecule has 3 nitrogen and oxygen atoms in total. The van der Waals surface area contributed by atoms with Crippen molar-refractivity contribution in [3.63, 3.8) is 0 Å². The molecule has 2 fully saturated rings. The zero-order valence-electron chi connectivity index (χ0n) is 20.1. The van der Waals surface area contributed by atoms with Gasteiger partial charge in [-0.15, -0.1) is 0 Å². The van der Waals surface area contributed by atoms with E-state index in [1.54, 1.807) is 0 Å². The number of allylic oxidation sites excluding steroid dienone is 1. The number of rotatable bonds is 6. The van der Waals surface area contributed by atoms with Crippen molar-refractivity contribution < 1.29 is 0 Å². The molecule has 1 aliphatic heterocycles. The fourth-order valence-corrected chi connectivity index (χ4v) is 6.07. The molecule has 31 heavy (non-hydrogen) atoms. The number of hydrogen-bond donors (Lipinski definition) is 2. The summed E-state index contributed by atoms with van der Waals surface area (Å²) in [6, 6.07) is 7.61. The maximum atomic E-state index is 6.39. The minimum atomic E-state index is 0.168. The highest BCUT2D eigenvalue weighted by Crippen LogP contribution is 2.46. The molecule has 0 saturated heterocycles. The van der Waals surface area contributed by atoms with Gasteiger partial charge in [0.05, 0.1) is 5.69 Å². The second-order valence-electron chi connectivity index (χ2n) is 11.7. The number of hydrogen-bond acceptors (Lipinski definition) is 3. The van der Waals surface area contributed by atoms with Crippen LogP contribution in [0.25, 0.3) is 0 Å². The molecule has 0 spiro atoms. The predicted molar refractivity (Wildman–Crippen MR) is 133 cm³/mol. The van der Waals surface area contributed by atoms with Gasteiger partial charge in [-0.05, 0) is 66.5 Å². The molecule has 170 valence electrons. The number of aliphatic imine (C=N–C) groups is 1. The Kier molecular flexibility index (Phi) is 6.62. The molecule has 2 atom stereocenters. The molecule has 1 aromatic rings. The van der Waals surface area contributed by atoms with Crippen molar-refractivity contribution in [3.05, 3.63) is 41.6 Å². The molecule has 3 N–H and O–H groups in total. The summed E-state index contributed by atoms with van der Waals surface area (Å²) in [6.07, 6.45) is 14.7. The first kappa shape index (κ1) is 22.6. The van der Waals surface area contributed by atoms with Gasteiger partial charge in [0.1, 0.15) is 0 Å². The second-order valence-corrected chi connectivity index (χ2v) is 11.7. The Bertz CT molecular complexity index is 823. The van der Waals surface area contributed by atoms with E-state index in [0.717, 1.165) is 25.7 Å². The van der Waals surface area contributed by atoms with Crippen LogP contribution in [0.3, 0.4) is 0 Å². The van der Waals surface area contributed by atoms with Crippen LogP contribution in [0, 0.1) is 5.41 Å². The number of fused-ring (bicyclic) bond motifs is 1. The van der Waals surface area contributed by atoms with Crippen LogP contribution >= 0.6 is 0 Å². The summed E-state index contributed by atoms with van der Waals surface area (Å²) in [5.74, 6) is 0. The highest BCUT2D eigenvalue weighted by molar-refractivity contribution is 5.94. The van der Waals surface area contributed by atoms with E-state index in [4.69, 9.17) is 10.7 Å². The standard InChI is InChI=1S/C28H43N3/c1-20(30-25-11-7-6-10-24(25)29)18-28(14-8-5-9-15-28)19-23-16-21-12-13-22(27(2,3)4)17-26(21)31-23/h12-13,17,24-25,30H,1,5-11,14-16,18-19,29H2,2-4H3. The Morgan fingerprint density at radius 3 is 2.58 bits per heavy atom. The van der Waals surface area contributed by atoms with Crippen molar-refractivity contribution in [2.24, 2.45) is 16.1 Å². The lowest BCUT2D eigenvalue weighted by Gasteiger charge is -2.40. The lowest BCUT2D eigenvalue weighted by atomic mass is 9.68. The molecule has 0 radical (unpaired) electrons. The maximum Gasteiger partial charge on any atom is 0.0667 e. The van der Waals surface area contributed by atoms with Gasteiger partial charge in [0.15, 0.2) is 0 Å². The lowest BCUT2D eigenvalue weighted by Crippen LogP contribution is -2.47. The normalized spacial score (nSPS) is 25.6. The van der Waals surface area contributed by atoms with Crippen molar-refractivity contribution >= 4 is 11.4 Å². The number of nitrogens with one attached hydrogen (secondary N) is 1. The minimum Gasteiger partial charge on any atom is -0.385 e. The van der Waals surface area contributed by atoms with E-state index in [0.29, 0.717) is 11.5 Å². The first-order valence-corrected chi connectivity index (χ1v) is 12.6. The Morgan fingerprint density at radius 1 is 1.13 bits per heavy atom. The van der Waals surface area contributed by atoms with Gasteiger partial charge in [-0.1, -0.05) is 71.6 Å². The largest absolute Gasteiger partial charge is 0.385 e. The number of nitrogens with two attached hydrogens (primary N) is 1. The van der Waals surface area contributed by atoms with Crippen molar-refractivity contribution in [1.82, 2.24) is 5.32 Å². The van der Waals surface area contributed by atoms with Gasteiger partial charge in [-0.2, -0.15) is 0 Å². The number of nitrogens with zero attached hydrogens (tertiary/aromatic N) is 1. The second kappa shape index (κ2) is 9.10. The zero-order chi connectivity index (χ0) is 22.1. The molecule has 1 aromatic carbocycles. The van der Waals surface area contributed by atoms with E-state index in [2.05, 4.69) is 50.9 Å². The van der Waals surface area contributed by atoms with Gasteiger partial charge in [-0.25, -0.2) is 0 Å². The van der Waals surface area contributed by atoms with E-state index in [-0.39, 0.29) is 11.5 Å². The van der Waals surface area contributed by atoms with E-state index in [1.165, 1.54) is 79.6 Å². The van der Waals surface area contributed by atoms with Crippen molar-refractivity contribution in [1.29, 1.82) is 0 Å². The Hall–Kier alpha value is -1.61. The molecule has 0 bridgehead atoms. The summed E-state index contributed by atoms with van der Waals surface area (Å²) in [7, 11) is 0. The van der Waals surface area contributed by atoms with Crippen molar-refractivity contribution in [2.75, 3.05) is 0 Å². The molecule has 3 aliphatic rings. The Labute approximate surface area is 190 Å². The third-order valence-corrected chi connectivity index (χ3v) is 7.91. The molecule has 3 heteroatoms. The molecule has 2 saturated carbocycles. The summed E-state index contributed by atoms with van der Waals surface area (Å²) in [4.78, 5) is 5.15. The van der Waals surface area contributed by atoms with E-state index < -0.39 is 0 Å². The molecule has 4 rings (SSSR count). The minimum absolute atomic E-state index is 0.168. The van der Waals surface area contributed by atoms with Crippen LogP contribution in [0.2, 0.25) is 0 Å². The zero-order valence-corrected chi connectivity index (χ0v) is 20.1. The van der Waals surface area contributed by atoms with Gasteiger partial charge in [-0.3, -0.25) is 4.99 Å². The molecular weight excluding hydrogens is 378 g/mol. The predicted octanol–water partition coefficient (Wildman–Crippen LogP) is 6.72. The molecular formula is C28H43N3. The summed E-state index contributed by atoms with van der Waals surface area (Å²) < 4.78 is 0. The molecule has 2 unspecified atom stereocenters.